The molecule has 0 atom stereocenters. The number of anilines is 2. The summed E-state index contributed by atoms with van der Waals surface area (Å²) < 4.78 is 5.08. The Balaban J connectivity index is 1.79. The van der Waals surface area contributed by atoms with Gasteiger partial charge in [0.15, 0.2) is 0 Å². The van der Waals surface area contributed by atoms with Gasteiger partial charge in [-0.3, -0.25) is 4.79 Å². The van der Waals surface area contributed by atoms with Gasteiger partial charge in [-0.1, -0.05) is 12.1 Å². The van der Waals surface area contributed by atoms with Gasteiger partial charge in [0, 0.05) is 19.2 Å². The summed E-state index contributed by atoms with van der Waals surface area (Å²) in [5.41, 5.74) is 1.33. The molecule has 136 valence electrons. The third-order valence-corrected chi connectivity index (χ3v) is 4.21. The maximum Gasteiger partial charge on any atom is 0.340 e. The van der Waals surface area contributed by atoms with Gasteiger partial charge in [0.1, 0.15) is 17.8 Å². The number of piperidine rings is 1. The van der Waals surface area contributed by atoms with Crippen LogP contribution in [0, 0.1) is 0 Å². The van der Waals surface area contributed by atoms with E-state index in [4.69, 9.17) is 4.74 Å². The zero-order chi connectivity index (χ0) is 18.4. The van der Waals surface area contributed by atoms with Gasteiger partial charge < -0.3 is 15.0 Å². The molecule has 1 aliphatic rings. The molecule has 1 fully saturated rings. The lowest BCUT2D eigenvalue weighted by Gasteiger charge is -2.26. The van der Waals surface area contributed by atoms with Crippen molar-refractivity contribution >= 4 is 23.4 Å². The second-order valence-corrected chi connectivity index (χ2v) is 6.03. The number of likely N-dealkylation sites (tertiary alicyclic amines) is 1. The minimum Gasteiger partial charge on any atom is -0.462 e. The summed E-state index contributed by atoms with van der Waals surface area (Å²) in [6, 6.07) is 8.63. The summed E-state index contributed by atoms with van der Waals surface area (Å²) in [6.45, 7) is 3.58. The SMILES string of the molecule is CCOC(=O)c1ccccc1Nc1cc(C(=O)N2CCCCC2)ncn1. The Hall–Kier alpha value is -2.96. The second kappa shape index (κ2) is 8.42. The highest BCUT2D eigenvalue weighted by atomic mass is 16.5. The number of nitrogens with one attached hydrogen (secondary N) is 1. The number of benzene rings is 1. The molecule has 7 heteroatoms. The Morgan fingerprint density at radius 3 is 2.69 bits per heavy atom. The number of amides is 1. The van der Waals surface area contributed by atoms with E-state index >= 15 is 0 Å². The van der Waals surface area contributed by atoms with Crippen LogP contribution in [0.25, 0.3) is 0 Å². The van der Waals surface area contributed by atoms with Gasteiger partial charge in [-0.05, 0) is 38.3 Å². The molecule has 1 aliphatic heterocycles. The van der Waals surface area contributed by atoms with E-state index in [0.717, 1.165) is 32.4 Å². The molecule has 0 unspecified atom stereocenters. The van der Waals surface area contributed by atoms with Crippen LogP contribution >= 0.6 is 0 Å². The number of esters is 1. The Bertz CT molecular complexity index is 788. The summed E-state index contributed by atoms with van der Waals surface area (Å²) in [6.07, 6.45) is 4.56. The molecule has 1 aromatic heterocycles. The van der Waals surface area contributed by atoms with Crippen molar-refractivity contribution in [2.45, 2.75) is 26.2 Å². The zero-order valence-electron chi connectivity index (χ0n) is 14.8. The fourth-order valence-electron chi connectivity index (χ4n) is 2.92. The summed E-state index contributed by atoms with van der Waals surface area (Å²) in [5, 5.41) is 3.09. The lowest BCUT2D eigenvalue weighted by atomic mass is 10.1. The third-order valence-electron chi connectivity index (χ3n) is 4.21. The van der Waals surface area contributed by atoms with Crippen LogP contribution < -0.4 is 5.32 Å². The molecule has 3 rings (SSSR count). The van der Waals surface area contributed by atoms with Crippen molar-refractivity contribution in [1.82, 2.24) is 14.9 Å². The largest absolute Gasteiger partial charge is 0.462 e. The molecule has 1 N–H and O–H groups in total. The Morgan fingerprint density at radius 2 is 1.92 bits per heavy atom. The molecule has 0 saturated carbocycles. The van der Waals surface area contributed by atoms with Crippen molar-refractivity contribution in [3.05, 3.63) is 47.9 Å². The van der Waals surface area contributed by atoms with Gasteiger partial charge in [0.25, 0.3) is 5.91 Å². The van der Waals surface area contributed by atoms with Gasteiger partial charge in [-0.15, -0.1) is 0 Å². The first-order valence-corrected chi connectivity index (χ1v) is 8.83. The summed E-state index contributed by atoms with van der Waals surface area (Å²) in [7, 11) is 0. The number of carbonyl (C=O) groups excluding carboxylic acids is 2. The smallest absolute Gasteiger partial charge is 0.340 e. The minimum absolute atomic E-state index is 0.0890. The van der Waals surface area contributed by atoms with E-state index in [0.29, 0.717) is 29.4 Å². The molecular formula is C19H22N4O3. The average Bonchev–Trinajstić information content (AvgIpc) is 2.69. The van der Waals surface area contributed by atoms with Crippen LogP contribution in [0.5, 0.6) is 0 Å². The number of para-hydroxylation sites is 1. The van der Waals surface area contributed by atoms with E-state index in [1.807, 2.05) is 11.0 Å². The van der Waals surface area contributed by atoms with E-state index in [1.54, 1.807) is 31.2 Å². The van der Waals surface area contributed by atoms with Crippen LogP contribution in [0.3, 0.4) is 0 Å². The molecule has 1 saturated heterocycles. The normalized spacial score (nSPS) is 14.0. The molecular weight excluding hydrogens is 332 g/mol. The van der Waals surface area contributed by atoms with Crippen LogP contribution in [0.1, 0.15) is 47.0 Å². The number of aromatic nitrogens is 2. The second-order valence-electron chi connectivity index (χ2n) is 6.03. The maximum atomic E-state index is 12.6. The summed E-state index contributed by atoms with van der Waals surface area (Å²) >= 11 is 0. The van der Waals surface area contributed by atoms with Crippen molar-refractivity contribution in [3.8, 4) is 0 Å². The number of nitrogens with zero attached hydrogens (tertiary/aromatic N) is 3. The summed E-state index contributed by atoms with van der Waals surface area (Å²) in [4.78, 5) is 34.8. The highest BCUT2D eigenvalue weighted by molar-refractivity contribution is 5.97. The third kappa shape index (κ3) is 4.17. The fourth-order valence-corrected chi connectivity index (χ4v) is 2.92. The topological polar surface area (TPSA) is 84.4 Å². The van der Waals surface area contributed by atoms with E-state index in [9.17, 15) is 9.59 Å². The quantitative estimate of drug-likeness (QED) is 0.831. The van der Waals surface area contributed by atoms with E-state index in [2.05, 4.69) is 15.3 Å². The van der Waals surface area contributed by atoms with Gasteiger partial charge in [0.05, 0.1) is 17.9 Å². The Kier molecular flexibility index (Phi) is 5.78. The number of hydrogen-bond donors (Lipinski definition) is 1. The van der Waals surface area contributed by atoms with Crippen molar-refractivity contribution in [1.29, 1.82) is 0 Å². The van der Waals surface area contributed by atoms with Gasteiger partial charge >= 0.3 is 5.97 Å². The standard InChI is InChI=1S/C19H22N4O3/c1-2-26-19(25)14-8-4-5-9-15(14)22-17-12-16(20-13-21-17)18(24)23-10-6-3-7-11-23/h4-5,8-9,12-13H,2-3,6-7,10-11H2,1H3,(H,20,21,22). The van der Waals surface area contributed by atoms with Gasteiger partial charge in [-0.2, -0.15) is 0 Å². The minimum atomic E-state index is -0.408. The van der Waals surface area contributed by atoms with Crippen molar-refractivity contribution in [2.75, 3.05) is 25.0 Å². The molecule has 1 aromatic carbocycles. The predicted molar refractivity (Wildman–Crippen MR) is 97.5 cm³/mol. The lowest BCUT2D eigenvalue weighted by molar-refractivity contribution is 0.0527. The number of hydrogen-bond acceptors (Lipinski definition) is 6. The first-order chi connectivity index (χ1) is 12.7. The Morgan fingerprint density at radius 1 is 1.15 bits per heavy atom. The molecule has 2 aromatic rings. The van der Waals surface area contributed by atoms with Crippen LogP contribution in [-0.2, 0) is 4.74 Å². The first-order valence-electron chi connectivity index (χ1n) is 8.83. The lowest BCUT2D eigenvalue weighted by Crippen LogP contribution is -2.36. The predicted octanol–water partition coefficient (Wildman–Crippen LogP) is 3.02. The molecule has 0 aliphatic carbocycles. The van der Waals surface area contributed by atoms with Crippen LogP contribution in [0.2, 0.25) is 0 Å². The van der Waals surface area contributed by atoms with Crippen molar-refractivity contribution in [3.63, 3.8) is 0 Å². The van der Waals surface area contributed by atoms with E-state index in [1.165, 1.54) is 6.33 Å². The molecule has 7 nitrogen and oxygen atoms in total. The summed E-state index contributed by atoms with van der Waals surface area (Å²) in [5.74, 6) is -0.0415. The van der Waals surface area contributed by atoms with Crippen LogP contribution in [-0.4, -0.2) is 46.4 Å². The zero-order valence-corrected chi connectivity index (χ0v) is 14.8. The highest BCUT2D eigenvalue weighted by Crippen LogP contribution is 2.21. The molecule has 26 heavy (non-hydrogen) atoms. The van der Waals surface area contributed by atoms with Crippen LogP contribution in [0.4, 0.5) is 11.5 Å². The molecule has 2 heterocycles. The number of ether oxygens (including phenoxy) is 1. The molecule has 0 radical (unpaired) electrons. The fraction of sp³-hybridized carbons (Fsp3) is 0.368. The van der Waals surface area contributed by atoms with Gasteiger partial charge in [-0.25, -0.2) is 14.8 Å². The van der Waals surface area contributed by atoms with E-state index in [-0.39, 0.29) is 5.91 Å². The van der Waals surface area contributed by atoms with Gasteiger partial charge in [0.2, 0.25) is 0 Å². The number of rotatable bonds is 5. The van der Waals surface area contributed by atoms with E-state index < -0.39 is 5.97 Å². The van der Waals surface area contributed by atoms with Crippen molar-refractivity contribution < 1.29 is 14.3 Å². The monoisotopic (exact) mass is 354 g/mol. The number of carbonyl (C=O) groups is 2. The molecule has 0 bridgehead atoms. The first kappa shape index (κ1) is 17.8. The van der Waals surface area contributed by atoms with Crippen LogP contribution in [0.15, 0.2) is 36.7 Å². The van der Waals surface area contributed by atoms with Crippen molar-refractivity contribution in [2.24, 2.45) is 0 Å². The Labute approximate surface area is 152 Å². The highest BCUT2D eigenvalue weighted by Gasteiger charge is 2.20. The average molecular weight is 354 g/mol. The molecule has 1 amide bonds. The maximum absolute atomic E-state index is 12.6. The molecule has 0 spiro atoms.